The van der Waals surface area contributed by atoms with Crippen molar-refractivity contribution in [3.05, 3.63) is 64.7 Å². The molecule has 0 aliphatic heterocycles. The van der Waals surface area contributed by atoms with Gasteiger partial charge in [0.2, 0.25) is 0 Å². The fraction of sp³-hybridized carbons (Fsp3) is 0.333. The number of methoxy groups -OCH3 is 1. The third-order valence-corrected chi connectivity index (χ3v) is 3.84. The van der Waals surface area contributed by atoms with Crippen molar-refractivity contribution in [2.24, 2.45) is 0 Å². The molecule has 2 aromatic carbocycles. The van der Waals surface area contributed by atoms with Crippen molar-refractivity contribution >= 4 is 11.6 Å². The first-order valence-electron chi connectivity index (χ1n) is 7.66. The Balaban J connectivity index is 1.88. The van der Waals surface area contributed by atoms with Crippen molar-refractivity contribution in [2.45, 2.75) is 25.8 Å². The molecule has 0 aliphatic carbocycles. The summed E-state index contributed by atoms with van der Waals surface area (Å²) in [6.07, 6.45) is 1.84. The molecule has 2 nitrogen and oxygen atoms in total. The van der Waals surface area contributed by atoms with E-state index >= 15 is 0 Å². The van der Waals surface area contributed by atoms with E-state index in [0.29, 0.717) is 0 Å². The minimum Gasteiger partial charge on any atom is -0.497 e. The lowest BCUT2D eigenvalue weighted by Gasteiger charge is -2.15. The van der Waals surface area contributed by atoms with Crippen LogP contribution in [0.15, 0.2) is 48.5 Å². The maximum absolute atomic E-state index is 8.47. The molecule has 2 rings (SSSR count). The minimum atomic E-state index is -0.838. The van der Waals surface area contributed by atoms with Gasteiger partial charge in [0.1, 0.15) is 5.75 Å². The molecule has 0 radical (unpaired) electrons. The second kappa shape index (κ2) is 8.06. The molecule has 1 N–H and O–H groups in total. The first-order chi connectivity index (χ1) is 10.5. The van der Waals surface area contributed by atoms with Gasteiger partial charge in [-0.1, -0.05) is 41.9 Å². The highest BCUT2D eigenvalue weighted by molar-refractivity contribution is 6.31. The lowest BCUT2D eigenvalue weighted by molar-refractivity contribution is 0.413. The van der Waals surface area contributed by atoms with Gasteiger partial charge < -0.3 is 10.1 Å². The zero-order chi connectivity index (χ0) is 16.0. The van der Waals surface area contributed by atoms with Crippen LogP contribution in [0.2, 0.25) is 5.02 Å². The molecule has 1 atom stereocenters. The first kappa shape index (κ1) is 14.4. The molecule has 21 heavy (non-hydrogen) atoms. The van der Waals surface area contributed by atoms with Crippen LogP contribution in [-0.4, -0.2) is 13.7 Å². The van der Waals surface area contributed by atoms with E-state index in [1.54, 1.807) is 7.11 Å². The highest BCUT2D eigenvalue weighted by Crippen LogP contribution is 2.19. The van der Waals surface area contributed by atoms with Gasteiger partial charge in [0.25, 0.3) is 0 Å². The summed E-state index contributed by atoms with van der Waals surface area (Å²) >= 11 is 6.15. The van der Waals surface area contributed by atoms with Crippen molar-refractivity contribution in [3.63, 3.8) is 0 Å². The van der Waals surface area contributed by atoms with E-state index in [-0.39, 0.29) is 0 Å². The molecule has 3 heteroatoms. The second-order valence-corrected chi connectivity index (χ2v) is 5.39. The topological polar surface area (TPSA) is 21.3 Å². The minimum absolute atomic E-state index is 0.752. The van der Waals surface area contributed by atoms with Crippen LogP contribution in [0.25, 0.3) is 0 Å². The molecule has 0 saturated carbocycles. The Bertz CT molecular complexity index is 616. The highest BCUT2D eigenvalue weighted by Gasteiger charge is 2.06. The van der Waals surface area contributed by atoms with Crippen LogP contribution < -0.4 is 10.1 Å². The van der Waals surface area contributed by atoms with Gasteiger partial charge in [0, 0.05) is 11.0 Å². The van der Waals surface area contributed by atoms with E-state index in [4.69, 9.17) is 17.7 Å². The van der Waals surface area contributed by atoms with Crippen LogP contribution >= 0.6 is 11.6 Å². The Morgan fingerprint density at radius 2 is 2.05 bits per heavy atom. The number of hydrogen-bond acceptors (Lipinski definition) is 2. The number of halogens is 1. The fourth-order valence-electron chi connectivity index (χ4n) is 2.21. The number of aryl methyl sites for hydroxylation is 1. The Hall–Kier alpha value is -1.51. The molecule has 0 amide bonds. The molecule has 0 heterocycles. The summed E-state index contributed by atoms with van der Waals surface area (Å²) in [4.78, 5) is 0. The Kier molecular flexibility index (Phi) is 5.54. The summed E-state index contributed by atoms with van der Waals surface area (Å²) in [5.74, 6) is 0.772. The normalized spacial score (nSPS) is 14.3. The van der Waals surface area contributed by atoms with Gasteiger partial charge in [-0.05, 0) is 55.6 Å². The Morgan fingerprint density at radius 3 is 2.81 bits per heavy atom. The van der Waals surface area contributed by atoms with Gasteiger partial charge in [0.15, 0.2) is 0 Å². The van der Waals surface area contributed by atoms with Gasteiger partial charge >= 0.3 is 0 Å². The summed E-state index contributed by atoms with van der Waals surface area (Å²) in [6, 6.07) is 14.7. The molecular weight excluding hydrogens is 282 g/mol. The van der Waals surface area contributed by atoms with E-state index < -0.39 is 6.02 Å². The first-order valence-corrected chi connectivity index (χ1v) is 7.54. The molecule has 112 valence electrons. The van der Waals surface area contributed by atoms with Crippen LogP contribution in [-0.2, 0) is 6.42 Å². The molecule has 2 aromatic rings. The summed E-state index contributed by atoms with van der Waals surface area (Å²) in [5, 5.41) is 4.09. The van der Waals surface area contributed by atoms with Crippen molar-refractivity contribution in [2.75, 3.05) is 13.7 Å². The van der Waals surface area contributed by atoms with Crippen LogP contribution in [0.4, 0.5) is 0 Å². The Morgan fingerprint density at radius 1 is 1.24 bits per heavy atom. The molecule has 0 fully saturated rings. The highest BCUT2D eigenvalue weighted by atomic mass is 35.5. The standard InChI is InChI=1S/C18H22ClNO/c1-14(16-8-5-10-17(13-16)21-2)20-12-6-9-15-7-3-4-11-18(15)19/h3-5,7-8,10-11,13-14,20H,6,9,12H2,1-2H3/t14-/m0/s1/i14D. The largest absolute Gasteiger partial charge is 0.497 e. The maximum Gasteiger partial charge on any atom is 0.119 e. The van der Waals surface area contributed by atoms with Crippen LogP contribution in [0, 0.1) is 0 Å². The number of nitrogens with one attached hydrogen (secondary N) is 1. The fourth-order valence-corrected chi connectivity index (χ4v) is 2.44. The zero-order valence-corrected chi connectivity index (χ0v) is 13.3. The van der Waals surface area contributed by atoms with Crippen LogP contribution in [0.5, 0.6) is 5.75 Å². The number of ether oxygens (including phenoxy) is 1. The predicted molar refractivity (Wildman–Crippen MR) is 89.2 cm³/mol. The zero-order valence-electron chi connectivity index (χ0n) is 13.5. The van der Waals surface area contributed by atoms with E-state index in [1.165, 1.54) is 0 Å². The van der Waals surface area contributed by atoms with Gasteiger partial charge in [-0.3, -0.25) is 0 Å². The van der Waals surface area contributed by atoms with Crippen molar-refractivity contribution in [3.8, 4) is 5.75 Å². The molecule has 0 aromatic heterocycles. The van der Waals surface area contributed by atoms with Crippen LogP contribution in [0.3, 0.4) is 0 Å². The smallest absolute Gasteiger partial charge is 0.119 e. The van der Waals surface area contributed by atoms with Gasteiger partial charge in [0.05, 0.1) is 8.48 Å². The summed E-state index contributed by atoms with van der Waals surface area (Å²) in [5.41, 5.74) is 2.05. The number of benzene rings is 2. The third-order valence-electron chi connectivity index (χ3n) is 3.47. The van der Waals surface area contributed by atoms with E-state index in [2.05, 4.69) is 5.32 Å². The third kappa shape index (κ3) is 4.76. The average Bonchev–Trinajstić information content (AvgIpc) is 2.53. The quantitative estimate of drug-likeness (QED) is 0.753. The average molecular weight is 305 g/mol. The lowest BCUT2D eigenvalue weighted by Crippen LogP contribution is -2.20. The number of rotatable bonds is 7. The summed E-state index contributed by atoms with van der Waals surface area (Å²) in [7, 11) is 1.64. The summed E-state index contributed by atoms with van der Waals surface area (Å²) < 4.78 is 13.7. The van der Waals surface area contributed by atoms with E-state index in [1.807, 2.05) is 55.5 Å². The maximum atomic E-state index is 8.47. The molecule has 0 saturated heterocycles. The number of hydrogen-bond donors (Lipinski definition) is 1. The van der Waals surface area contributed by atoms with E-state index in [0.717, 1.165) is 41.3 Å². The molecule has 0 aliphatic rings. The van der Waals surface area contributed by atoms with E-state index in [9.17, 15) is 0 Å². The molecular formula is C18H22ClNO. The van der Waals surface area contributed by atoms with Gasteiger partial charge in [-0.25, -0.2) is 0 Å². The SMILES string of the molecule is [2H][C@@](C)(NCCCc1ccccc1Cl)c1cccc(OC)c1. The predicted octanol–water partition coefficient (Wildman–Crippen LogP) is 4.63. The molecule has 0 unspecified atom stereocenters. The Labute approximate surface area is 133 Å². The molecule has 0 bridgehead atoms. The molecule has 0 spiro atoms. The van der Waals surface area contributed by atoms with Crippen molar-refractivity contribution in [1.82, 2.24) is 5.32 Å². The second-order valence-electron chi connectivity index (χ2n) is 4.98. The van der Waals surface area contributed by atoms with Crippen molar-refractivity contribution in [1.29, 1.82) is 0 Å². The monoisotopic (exact) mass is 304 g/mol. The van der Waals surface area contributed by atoms with Gasteiger partial charge in [-0.2, -0.15) is 0 Å². The lowest BCUT2D eigenvalue weighted by atomic mass is 10.1. The summed E-state index contributed by atoms with van der Waals surface area (Å²) in [6.45, 7) is 2.61. The van der Waals surface area contributed by atoms with Crippen molar-refractivity contribution < 1.29 is 6.11 Å². The van der Waals surface area contributed by atoms with Crippen LogP contribution in [0.1, 0.15) is 31.9 Å². The van der Waals surface area contributed by atoms with Gasteiger partial charge in [-0.15, -0.1) is 0 Å².